The predicted octanol–water partition coefficient (Wildman–Crippen LogP) is 3.90. The Morgan fingerprint density at radius 3 is 2.96 bits per heavy atom. The van der Waals surface area contributed by atoms with Crippen molar-refractivity contribution in [2.75, 3.05) is 13.1 Å². The Morgan fingerprint density at radius 1 is 1.33 bits per heavy atom. The fourth-order valence-electron chi connectivity index (χ4n) is 3.69. The van der Waals surface area contributed by atoms with Crippen LogP contribution in [0.15, 0.2) is 55.3 Å². The largest absolute Gasteiger partial charge is 0.507 e. The lowest BCUT2D eigenvalue weighted by molar-refractivity contribution is -0.127. The van der Waals surface area contributed by atoms with E-state index in [1.165, 1.54) is 24.3 Å². The van der Waals surface area contributed by atoms with Crippen molar-refractivity contribution in [2.45, 2.75) is 18.9 Å². The molecule has 3 aromatic rings. The highest BCUT2D eigenvalue weighted by Crippen LogP contribution is 2.33. The zero-order chi connectivity index (χ0) is 19.0. The molecule has 1 aromatic heterocycles. The highest BCUT2D eigenvalue weighted by atomic mass is 19.1. The molecular weight excluding hydrogens is 345 g/mol. The van der Waals surface area contributed by atoms with Crippen LogP contribution in [-0.2, 0) is 4.79 Å². The molecule has 0 saturated carbocycles. The van der Waals surface area contributed by atoms with Crippen molar-refractivity contribution in [1.82, 2.24) is 14.7 Å². The lowest BCUT2D eigenvalue weighted by Gasteiger charge is -2.32. The molecule has 138 valence electrons. The van der Waals surface area contributed by atoms with E-state index in [4.69, 9.17) is 0 Å². The predicted molar refractivity (Wildman–Crippen MR) is 102 cm³/mol. The second-order valence-electron chi connectivity index (χ2n) is 6.80. The number of amides is 1. The highest BCUT2D eigenvalue weighted by Gasteiger charge is 2.24. The molecule has 1 aliphatic rings. The normalized spacial score (nSPS) is 17.2. The number of fused-ring (bicyclic) bond motifs is 1. The van der Waals surface area contributed by atoms with E-state index in [9.17, 15) is 14.3 Å². The van der Waals surface area contributed by atoms with Gasteiger partial charge in [0.1, 0.15) is 11.6 Å². The molecule has 1 atom stereocenters. The number of piperidine rings is 1. The van der Waals surface area contributed by atoms with Crippen LogP contribution in [0.2, 0.25) is 0 Å². The number of nitrogens with zero attached hydrogens (tertiary/aromatic N) is 3. The monoisotopic (exact) mass is 365 g/mol. The van der Waals surface area contributed by atoms with Gasteiger partial charge in [-0.15, -0.1) is 0 Å². The molecule has 1 N–H and O–H groups in total. The standard InChI is InChI=1S/C21H20FN3O2/c1-2-20(27)24-10-4-5-16(13-24)25-12-15-11-14(8-9-18(15)23-25)21-17(22)6-3-7-19(21)26/h2-3,6-9,11-12,16,26H,1,4-5,10,13H2. The molecule has 2 aromatic carbocycles. The van der Waals surface area contributed by atoms with Gasteiger partial charge in [0, 0.05) is 24.7 Å². The van der Waals surface area contributed by atoms with Gasteiger partial charge in [-0.3, -0.25) is 9.48 Å². The Hall–Kier alpha value is -3.15. The summed E-state index contributed by atoms with van der Waals surface area (Å²) in [4.78, 5) is 13.7. The fourth-order valence-corrected chi connectivity index (χ4v) is 3.69. The van der Waals surface area contributed by atoms with Crippen molar-refractivity contribution in [3.63, 3.8) is 0 Å². The summed E-state index contributed by atoms with van der Waals surface area (Å²) in [5.41, 5.74) is 1.58. The Labute approximate surface area is 156 Å². The van der Waals surface area contributed by atoms with Gasteiger partial charge in [-0.25, -0.2) is 4.39 Å². The van der Waals surface area contributed by atoms with Crippen LogP contribution >= 0.6 is 0 Å². The molecule has 1 amide bonds. The number of benzene rings is 2. The first-order valence-electron chi connectivity index (χ1n) is 8.95. The van der Waals surface area contributed by atoms with Crippen LogP contribution in [0.5, 0.6) is 5.75 Å². The average molecular weight is 365 g/mol. The molecular formula is C21H20FN3O2. The molecule has 1 unspecified atom stereocenters. The number of aromatic hydroxyl groups is 1. The lowest BCUT2D eigenvalue weighted by Crippen LogP contribution is -2.39. The molecule has 6 heteroatoms. The molecule has 0 bridgehead atoms. The summed E-state index contributed by atoms with van der Waals surface area (Å²) >= 11 is 0. The summed E-state index contributed by atoms with van der Waals surface area (Å²) in [6.45, 7) is 4.89. The molecule has 4 rings (SSSR count). The maximum Gasteiger partial charge on any atom is 0.246 e. The van der Waals surface area contributed by atoms with E-state index >= 15 is 0 Å². The quantitative estimate of drug-likeness (QED) is 0.716. The summed E-state index contributed by atoms with van der Waals surface area (Å²) < 4.78 is 16.0. The minimum absolute atomic E-state index is 0.0614. The van der Waals surface area contributed by atoms with E-state index in [0.29, 0.717) is 12.1 Å². The Bertz CT molecular complexity index is 1010. The third kappa shape index (κ3) is 3.18. The summed E-state index contributed by atoms with van der Waals surface area (Å²) in [5.74, 6) is -0.617. The van der Waals surface area contributed by atoms with Crippen molar-refractivity contribution < 1.29 is 14.3 Å². The van der Waals surface area contributed by atoms with Gasteiger partial charge >= 0.3 is 0 Å². The van der Waals surface area contributed by atoms with Gasteiger partial charge in [-0.1, -0.05) is 18.7 Å². The number of hydrogen-bond acceptors (Lipinski definition) is 3. The zero-order valence-corrected chi connectivity index (χ0v) is 14.8. The molecule has 1 aliphatic heterocycles. The van der Waals surface area contributed by atoms with Crippen LogP contribution in [-0.4, -0.2) is 38.8 Å². The number of rotatable bonds is 3. The Morgan fingerprint density at radius 2 is 2.19 bits per heavy atom. The van der Waals surface area contributed by atoms with E-state index in [-0.39, 0.29) is 23.3 Å². The molecule has 1 fully saturated rings. The Kier molecular flexibility index (Phi) is 4.39. The first-order chi connectivity index (χ1) is 13.1. The maximum atomic E-state index is 14.2. The molecule has 0 spiro atoms. The van der Waals surface area contributed by atoms with E-state index < -0.39 is 5.82 Å². The van der Waals surface area contributed by atoms with E-state index in [1.54, 1.807) is 11.0 Å². The van der Waals surface area contributed by atoms with Gasteiger partial charge in [-0.05, 0) is 48.7 Å². The number of halogens is 1. The van der Waals surface area contributed by atoms with Crippen LogP contribution in [0, 0.1) is 5.82 Å². The SMILES string of the molecule is C=CC(=O)N1CCCC(n2cc3cc(-c4c(O)cccc4F)ccc3n2)C1. The summed E-state index contributed by atoms with van der Waals surface area (Å²) in [6, 6.07) is 9.78. The maximum absolute atomic E-state index is 14.2. The van der Waals surface area contributed by atoms with Gasteiger partial charge in [-0.2, -0.15) is 5.10 Å². The second-order valence-corrected chi connectivity index (χ2v) is 6.80. The molecule has 5 nitrogen and oxygen atoms in total. The van der Waals surface area contributed by atoms with Gasteiger partial charge in [0.25, 0.3) is 0 Å². The molecule has 2 heterocycles. The number of phenols is 1. The number of aromatic nitrogens is 2. The first kappa shape index (κ1) is 17.3. The van der Waals surface area contributed by atoms with Crippen LogP contribution in [0.3, 0.4) is 0 Å². The van der Waals surface area contributed by atoms with E-state index in [0.717, 1.165) is 30.3 Å². The fraction of sp³-hybridized carbons (Fsp3) is 0.238. The number of hydrogen-bond donors (Lipinski definition) is 1. The van der Waals surface area contributed by atoms with Crippen molar-refractivity contribution >= 4 is 16.8 Å². The number of carbonyl (C=O) groups excluding carboxylic acids is 1. The summed E-state index contributed by atoms with van der Waals surface area (Å²) in [5, 5.41) is 15.5. The zero-order valence-electron chi connectivity index (χ0n) is 14.8. The minimum atomic E-state index is -0.465. The summed E-state index contributed by atoms with van der Waals surface area (Å²) in [7, 11) is 0. The van der Waals surface area contributed by atoms with Crippen molar-refractivity contribution in [3.05, 3.63) is 61.1 Å². The van der Waals surface area contributed by atoms with Gasteiger partial charge in [0.15, 0.2) is 0 Å². The van der Waals surface area contributed by atoms with Crippen LogP contribution in [0.25, 0.3) is 22.0 Å². The van der Waals surface area contributed by atoms with Gasteiger partial charge in [0.05, 0.1) is 17.1 Å². The van der Waals surface area contributed by atoms with E-state index in [1.807, 2.05) is 23.0 Å². The van der Waals surface area contributed by atoms with Crippen molar-refractivity contribution in [2.24, 2.45) is 0 Å². The smallest absolute Gasteiger partial charge is 0.246 e. The number of carbonyl (C=O) groups is 1. The van der Waals surface area contributed by atoms with Crippen LogP contribution < -0.4 is 0 Å². The summed E-state index contributed by atoms with van der Waals surface area (Å²) in [6.07, 6.45) is 5.11. The number of likely N-dealkylation sites (tertiary alicyclic amines) is 1. The third-order valence-corrected chi connectivity index (χ3v) is 5.06. The topological polar surface area (TPSA) is 58.4 Å². The average Bonchev–Trinajstić information content (AvgIpc) is 3.11. The molecule has 0 aliphatic carbocycles. The number of phenolic OH excluding ortho intramolecular Hbond substituents is 1. The van der Waals surface area contributed by atoms with Gasteiger partial charge in [0.2, 0.25) is 5.91 Å². The van der Waals surface area contributed by atoms with Crippen LogP contribution in [0.4, 0.5) is 4.39 Å². The van der Waals surface area contributed by atoms with Crippen LogP contribution in [0.1, 0.15) is 18.9 Å². The van der Waals surface area contributed by atoms with Crippen molar-refractivity contribution in [3.8, 4) is 16.9 Å². The third-order valence-electron chi connectivity index (χ3n) is 5.06. The molecule has 1 saturated heterocycles. The highest BCUT2D eigenvalue weighted by molar-refractivity contribution is 5.87. The first-order valence-corrected chi connectivity index (χ1v) is 8.95. The second kappa shape index (κ2) is 6.87. The van der Waals surface area contributed by atoms with Gasteiger partial charge < -0.3 is 10.0 Å². The molecule has 27 heavy (non-hydrogen) atoms. The lowest BCUT2D eigenvalue weighted by atomic mass is 10.0. The molecule has 0 radical (unpaired) electrons. The minimum Gasteiger partial charge on any atom is -0.507 e. The Balaban J connectivity index is 1.67. The van der Waals surface area contributed by atoms with E-state index in [2.05, 4.69) is 11.7 Å². The van der Waals surface area contributed by atoms with Crippen molar-refractivity contribution in [1.29, 1.82) is 0 Å².